The second-order valence-corrected chi connectivity index (χ2v) is 7.07. The van der Waals surface area contributed by atoms with E-state index in [1.54, 1.807) is 11.1 Å². The summed E-state index contributed by atoms with van der Waals surface area (Å²) in [5.74, 6) is 0. The number of pyridine rings is 1. The highest BCUT2D eigenvalue weighted by Crippen LogP contribution is 2.29. The Kier molecular flexibility index (Phi) is 3.26. The van der Waals surface area contributed by atoms with Gasteiger partial charge in [0.15, 0.2) is 0 Å². The lowest BCUT2D eigenvalue weighted by molar-refractivity contribution is -0.633. The van der Waals surface area contributed by atoms with E-state index in [2.05, 4.69) is 68.8 Å². The van der Waals surface area contributed by atoms with Gasteiger partial charge in [0.25, 0.3) is 0 Å². The van der Waals surface area contributed by atoms with E-state index in [-0.39, 0.29) is 0 Å². The molecule has 1 aromatic heterocycles. The number of benzene rings is 2. The molecule has 0 bridgehead atoms. The molecule has 0 spiro atoms. The fourth-order valence-electron chi connectivity index (χ4n) is 4.04. The zero-order valence-electron chi connectivity index (χ0n) is 14.5. The third-order valence-corrected chi connectivity index (χ3v) is 5.47. The van der Waals surface area contributed by atoms with Crippen LogP contribution in [0.25, 0.3) is 22.2 Å². The van der Waals surface area contributed by atoms with Crippen molar-refractivity contribution in [3.05, 3.63) is 64.2 Å². The van der Waals surface area contributed by atoms with Crippen molar-refractivity contribution in [2.75, 3.05) is 0 Å². The number of hydrogen-bond donors (Lipinski definition) is 0. The van der Waals surface area contributed by atoms with Gasteiger partial charge in [0, 0.05) is 23.1 Å². The first-order valence-electron chi connectivity index (χ1n) is 8.57. The van der Waals surface area contributed by atoms with E-state index in [0.29, 0.717) is 0 Å². The fourth-order valence-corrected chi connectivity index (χ4v) is 4.04. The average Bonchev–Trinajstić information content (AvgIpc) is 2.97. The summed E-state index contributed by atoms with van der Waals surface area (Å²) >= 11 is 0. The van der Waals surface area contributed by atoms with Crippen LogP contribution in [-0.4, -0.2) is 0 Å². The van der Waals surface area contributed by atoms with Gasteiger partial charge in [0.05, 0.1) is 0 Å². The second kappa shape index (κ2) is 5.19. The van der Waals surface area contributed by atoms with E-state index in [1.165, 1.54) is 58.1 Å². The lowest BCUT2D eigenvalue weighted by Gasteiger charge is -2.11. The second-order valence-electron chi connectivity index (χ2n) is 7.07. The third-order valence-electron chi connectivity index (χ3n) is 5.47. The number of rotatable bonds is 1. The largest absolute Gasteiger partial charge is 0.213 e. The number of fused-ring (bicyclic) bond motifs is 2. The Hall–Kier alpha value is -2.15. The molecule has 116 valence electrons. The first-order valence-corrected chi connectivity index (χ1v) is 8.57. The Morgan fingerprint density at radius 1 is 0.870 bits per heavy atom. The molecule has 0 atom stereocenters. The minimum Gasteiger partial charge on any atom is -0.194 e. The molecular formula is C22H24N+. The Morgan fingerprint density at radius 2 is 1.61 bits per heavy atom. The molecule has 1 heterocycles. The zero-order chi connectivity index (χ0) is 16.1. The molecule has 0 saturated heterocycles. The Bertz CT molecular complexity index is 935. The highest BCUT2D eigenvalue weighted by atomic mass is 14.9. The van der Waals surface area contributed by atoms with Crippen molar-refractivity contribution in [2.24, 2.45) is 7.05 Å². The maximum absolute atomic E-state index is 2.42. The molecular weight excluding hydrogens is 278 g/mol. The van der Waals surface area contributed by atoms with Crippen molar-refractivity contribution >= 4 is 10.9 Å². The maximum atomic E-state index is 2.42. The highest BCUT2D eigenvalue weighted by molar-refractivity contribution is 5.80. The van der Waals surface area contributed by atoms with Crippen LogP contribution in [0.15, 0.2) is 36.4 Å². The number of aryl methyl sites for hydroxylation is 5. The molecule has 0 amide bonds. The minimum absolute atomic E-state index is 1.23. The van der Waals surface area contributed by atoms with Gasteiger partial charge in [-0.3, -0.25) is 0 Å². The normalized spacial score (nSPS) is 13.6. The van der Waals surface area contributed by atoms with Gasteiger partial charge in [-0.15, -0.1) is 0 Å². The molecule has 4 rings (SSSR count). The lowest BCUT2D eigenvalue weighted by Crippen LogP contribution is -2.32. The molecule has 0 radical (unpaired) electrons. The SMILES string of the molecule is Cc1cc(C)c(C)c(-c2ccc3cc4c(cc3[n+]2C)CCC4)c1. The van der Waals surface area contributed by atoms with Gasteiger partial charge in [0.2, 0.25) is 11.2 Å². The summed E-state index contributed by atoms with van der Waals surface area (Å²) in [7, 11) is 2.20. The lowest BCUT2D eigenvalue weighted by atomic mass is 9.96. The molecule has 2 aromatic carbocycles. The molecule has 0 unspecified atom stereocenters. The van der Waals surface area contributed by atoms with Gasteiger partial charge in [-0.1, -0.05) is 11.6 Å². The van der Waals surface area contributed by atoms with Crippen LogP contribution in [0.2, 0.25) is 0 Å². The van der Waals surface area contributed by atoms with Crippen LogP contribution >= 0.6 is 0 Å². The van der Waals surface area contributed by atoms with Crippen molar-refractivity contribution in [1.82, 2.24) is 0 Å². The molecule has 0 fully saturated rings. The molecule has 1 aliphatic carbocycles. The van der Waals surface area contributed by atoms with Gasteiger partial charge in [-0.25, -0.2) is 0 Å². The summed E-state index contributed by atoms with van der Waals surface area (Å²) in [6.07, 6.45) is 3.78. The fraction of sp³-hybridized carbons (Fsp3) is 0.318. The first-order chi connectivity index (χ1) is 11.0. The van der Waals surface area contributed by atoms with Crippen LogP contribution in [0.5, 0.6) is 0 Å². The molecule has 1 nitrogen and oxygen atoms in total. The summed E-state index contributed by atoms with van der Waals surface area (Å²) < 4.78 is 2.37. The number of aromatic nitrogens is 1. The summed E-state index contributed by atoms with van der Waals surface area (Å²) in [4.78, 5) is 0. The summed E-state index contributed by atoms with van der Waals surface area (Å²) in [5, 5.41) is 1.36. The molecule has 23 heavy (non-hydrogen) atoms. The van der Waals surface area contributed by atoms with Crippen molar-refractivity contribution < 1.29 is 4.57 Å². The van der Waals surface area contributed by atoms with Gasteiger partial charge in [0.1, 0.15) is 7.05 Å². The monoisotopic (exact) mass is 302 g/mol. The Morgan fingerprint density at radius 3 is 2.39 bits per heavy atom. The maximum Gasteiger partial charge on any atom is 0.213 e. The highest BCUT2D eigenvalue weighted by Gasteiger charge is 2.20. The van der Waals surface area contributed by atoms with E-state index < -0.39 is 0 Å². The predicted octanol–water partition coefficient (Wildman–Crippen LogP) is 4.75. The summed E-state index contributed by atoms with van der Waals surface area (Å²) in [5.41, 5.74) is 11.2. The quantitative estimate of drug-likeness (QED) is 0.571. The summed E-state index contributed by atoms with van der Waals surface area (Å²) in [6, 6.07) is 14.0. The topological polar surface area (TPSA) is 3.88 Å². The zero-order valence-corrected chi connectivity index (χ0v) is 14.5. The van der Waals surface area contributed by atoms with Gasteiger partial charge < -0.3 is 0 Å². The van der Waals surface area contributed by atoms with Crippen molar-refractivity contribution in [2.45, 2.75) is 40.0 Å². The standard InChI is InChI=1S/C22H24N/c1-14-10-15(2)16(3)20(11-14)21-9-8-19-12-17-6-5-7-18(17)13-22(19)23(21)4/h8-13H,5-7H2,1-4H3/q+1. The minimum atomic E-state index is 1.23. The first kappa shape index (κ1) is 14.4. The van der Waals surface area contributed by atoms with Gasteiger partial charge in [-0.05, 0) is 80.5 Å². The number of hydrogen-bond acceptors (Lipinski definition) is 0. The van der Waals surface area contributed by atoms with E-state index >= 15 is 0 Å². The Balaban J connectivity index is 1.99. The van der Waals surface area contributed by atoms with Crippen molar-refractivity contribution in [3.8, 4) is 11.3 Å². The molecule has 1 aliphatic rings. The van der Waals surface area contributed by atoms with E-state index in [4.69, 9.17) is 0 Å². The van der Waals surface area contributed by atoms with Crippen molar-refractivity contribution in [3.63, 3.8) is 0 Å². The molecule has 0 aliphatic heterocycles. The predicted molar refractivity (Wildman–Crippen MR) is 96.8 cm³/mol. The molecule has 0 saturated carbocycles. The molecule has 1 heteroatoms. The van der Waals surface area contributed by atoms with Crippen LogP contribution in [0.4, 0.5) is 0 Å². The van der Waals surface area contributed by atoms with E-state index in [0.717, 1.165) is 0 Å². The molecule has 0 N–H and O–H groups in total. The third kappa shape index (κ3) is 2.26. The van der Waals surface area contributed by atoms with Crippen LogP contribution in [-0.2, 0) is 19.9 Å². The van der Waals surface area contributed by atoms with Gasteiger partial charge in [-0.2, -0.15) is 4.57 Å². The van der Waals surface area contributed by atoms with Crippen LogP contribution in [0.3, 0.4) is 0 Å². The van der Waals surface area contributed by atoms with E-state index in [9.17, 15) is 0 Å². The van der Waals surface area contributed by atoms with Crippen LogP contribution in [0.1, 0.15) is 34.2 Å². The molecule has 3 aromatic rings. The number of nitrogens with zero attached hydrogens (tertiary/aromatic N) is 1. The Labute approximate surface area is 138 Å². The summed E-state index contributed by atoms with van der Waals surface area (Å²) in [6.45, 7) is 6.63. The van der Waals surface area contributed by atoms with Crippen molar-refractivity contribution in [1.29, 1.82) is 0 Å². The van der Waals surface area contributed by atoms with Crippen LogP contribution < -0.4 is 4.57 Å². The van der Waals surface area contributed by atoms with Gasteiger partial charge >= 0.3 is 0 Å². The van der Waals surface area contributed by atoms with E-state index in [1.807, 2.05) is 0 Å². The smallest absolute Gasteiger partial charge is 0.194 e. The van der Waals surface area contributed by atoms with Crippen LogP contribution in [0, 0.1) is 20.8 Å². The average molecular weight is 302 g/mol.